The predicted octanol–water partition coefficient (Wildman–Crippen LogP) is 4.10. The number of hydrogen-bond acceptors (Lipinski definition) is 5. The Morgan fingerprint density at radius 3 is 2.31 bits per heavy atom. The van der Waals surface area contributed by atoms with E-state index in [0.29, 0.717) is 5.56 Å². The fourth-order valence-electron chi connectivity index (χ4n) is 2.36. The van der Waals surface area contributed by atoms with E-state index in [-0.39, 0.29) is 11.4 Å². The van der Waals surface area contributed by atoms with Gasteiger partial charge in [0.1, 0.15) is 5.69 Å². The maximum absolute atomic E-state index is 12.3. The van der Waals surface area contributed by atoms with E-state index >= 15 is 0 Å². The largest absolute Gasteiger partial charge is 0.356 e. The summed E-state index contributed by atoms with van der Waals surface area (Å²) < 4.78 is 0. The normalized spacial score (nSPS) is 10.0. The summed E-state index contributed by atoms with van der Waals surface area (Å²) in [6, 6.07) is 22.6. The Hall–Kier alpha value is -3.87. The molecule has 7 heteroatoms. The molecule has 0 saturated carbocycles. The van der Waals surface area contributed by atoms with Crippen LogP contribution in [-0.2, 0) is 0 Å². The van der Waals surface area contributed by atoms with E-state index in [1.807, 2.05) is 36.4 Å². The Balaban J connectivity index is 1.69. The molecule has 7 nitrogen and oxygen atoms in total. The van der Waals surface area contributed by atoms with Gasteiger partial charge in [0, 0.05) is 23.0 Å². The topological polar surface area (TPSA) is 96.3 Å². The van der Waals surface area contributed by atoms with Crippen LogP contribution in [-0.4, -0.2) is 10.8 Å². The number of carbonyl (C=O) groups is 1. The van der Waals surface area contributed by atoms with E-state index in [9.17, 15) is 14.9 Å². The van der Waals surface area contributed by atoms with Crippen LogP contribution in [0.25, 0.3) is 0 Å². The smallest absolute Gasteiger partial charge is 0.294 e. The number of amides is 1. The molecule has 0 unspecified atom stereocenters. The van der Waals surface area contributed by atoms with Crippen LogP contribution >= 0.6 is 0 Å². The molecule has 0 aromatic heterocycles. The van der Waals surface area contributed by atoms with Gasteiger partial charge in [-0.1, -0.05) is 36.4 Å². The lowest BCUT2D eigenvalue weighted by atomic mass is 10.2. The summed E-state index contributed by atoms with van der Waals surface area (Å²) in [4.78, 5) is 22.8. The fourth-order valence-corrected chi connectivity index (χ4v) is 2.36. The van der Waals surface area contributed by atoms with Crippen molar-refractivity contribution in [3.8, 4) is 0 Å². The monoisotopic (exact) mass is 348 g/mol. The van der Waals surface area contributed by atoms with Crippen LogP contribution in [0.2, 0.25) is 0 Å². The Bertz CT molecular complexity index is 929. The number of carbonyl (C=O) groups excluding carboxylic acids is 1. The second-order valence-corrected chi connectivity index (χ2v) is 5.43. The lowest BCUT2D eigenvalue weighted by Crippen LogP contribution is -2.29. The summed E-state index contributed by atoms with van der Waals surface area (Å²) in [6.07, 6.45) is 0. The quantitative estimate of drug-likeness (QED) is 0.460. The first-order chi connectivity index (χ1) is 12.6. The first-order valence-electron chi connectivity index (χ1n) is 7.85. The van der Waals surface area contributed by atoms with Gasteiger partial charge in [-0.05, 0) is 36.4 Å². The van der Waals surface area contributed by atoms with Gasteiger partial charge in [-0.2, -0.15) is 0 Å². The van der Waals surface area contributed by atoms with Crippen molar-refractivity contribution in [2.24, 2.45) is 0 Å². The number of nitro benzene ring substituents is 1. The lowest BCUT2D eigenvalue weighted by molar-refractivity contribution is -0.384. The number of nitro groups is 1. The van der Waals surface area contributed by atoms with Crippen LogP contribution in [0, 0.1) is 10.1 Å². The van der Waals surface area contributed by atoms with Gasteiger partial charge < -0.3 is 5.32 Å². The van der Waals surface area contributed by atoms with Crippen LogP contribution in [0.1, 0.15) is 10.4 Å². The second kappa shape index (κ2) is 7.80. The van der Waals surface area contributed by atoms with E-state index in [0.717, 1.165) is 11.4 Å². The lowest BCUT2D eigenvalue weighted by Gasteiger charge is -2.10. The van der Waals surface area contributed by atoms with E-state index in [1.54, 1.807) is 30.3 Å². The minimum atomic E-state index is -0.515. The molecule has 0 radical (unpaired) electrons. The van der Waals surface area contributed by atoms with Gasteiger partial charge >= 0.3 is 0 Å². The number of hydrogen-bond donors (Lipinski definition) is 3. The van der Waals surface area contributed by atoms with Crippen molar-refractivity contribution < 1.29 is 9.72 Å². The summed E-state index contributed by atoms with van der Waals surface area (Å²) in [5.74, 6) is -0.403. The molecule has 0 atom stereocenters. The molecule has 3 rings (SSSR count). The van der Waals surface area contributed by atoms with Crippen molar-refractivity contribution in [1.82, 2.24) is 5.43 Å². The number of hydrazine groups is 1. The van der Waals surface area contributed by atoms with Gasteiger partial charge in [-0.15, -0.1) is 0 Å². The number of para-hydroxylation sites is 3. The highest BCUT2D eigenvalue weighted by molar-refractivity contribution is 5.96. The van der Waals surface area contributed by atoms with Crippen molar-refractivity contribution in [3.63, 3.8) is 0 Å². The average molecular weight is 348 g/mol. The zero-order valence-corrected chi connectivity index (χ0v) is 13.7. The SMILES string of the molecule is O=C(NNc1ccccc1[N+](=O)[O-])c1cccc(Nc2ccccc2)c1. The van der Waals surface area contributed by atoms with Gasteiger partial charge in [-0.25, -0.2) is 0 Å². The number of benzene rings is 3. The summed E-state index contributed by atoms with van der Waals surface area (Å²) >= 11 is 0. The molecule has 0 aliphatic heterocycles. The van der Waals surface area contributed by atoms with Gasteiger partial charge in [-0.3, -0.25) is 25.8 Å². The van der Waals surface area contributed by atoms with Crippen molar-refractivity contribution >= 4 is 28.7 Å². The standard InChI is InChI=1S/C19H16N4O3/c24-19(22-21-17-11-4-5-12-18(17)23(25)26)14-7-6-10-16(13-14)20-15-8-2-1-3-9-15/h1-13,20-21H,(H,22,24). The summed E-state index contributed by atoms with van der Waals surface area (Å²) in [7, 11) is 0. The molecule has 0 saturated heterocycles. The van der Waals surface area contributed by atoms with Crippen LogP contribution in [0.15, 0.2) is 78.9 Å². The van der Waals surface area contributed by atoms with Gasteiger partial charge in [0.05, 0.1) is 4.92 Å². The average Bonchev–Trinajstić information content (AvgIpc) is 2.67. The maximum Gasteiger partial charge on any atom is 0.294 e. The zero-order chi connectivity index (χ0) is 18.4. The van der Waals surface area contributed by atoms with Crippen LogP contribution in [0.3, 0.4) is 0 Å². The first-order valence-corrected chi connectivity index (χ1v) is 7.85. The zero-order valence-electron chi connectivity index (χ0n) is 13.7. The first kappa shape index (κ1) is 17.0. The Labute approximate surface area is 149 Å². The highest BCUT2D eigenvalue weighted by Crippen LogP contribution is 2.22. The minimum Gasteiger partial charge on any atom is -0.356 e. The molecule has 0 aliphatic carbocycles. The van der Waals surface area contributed by atoms with E-state index in [2.05, 4.69) is 16.2 Å². The summed E-state index contributed by atoms with van der Waals surface area (Å²) in [5, 5.41) is 14.2. The third-order valence-corrected chi connectivity index (χ3v) is 3.60. The molecule has 0 spiro atoms. The van der Waals surface area contributed by atoms with Crippen molar-refractivity contribution in [2.75, 3.05) is 10.7 Å². The highest BCUT2D eigenvalue weighted by Gasteiger charge is 2.13. The number of nitrogens with one attached hydrogen (secondary N) is 3. The molecule has 130 valence electrons. The fraction of sp³-hybridized carbons (Fsp3) is 0. The minimum absolute atomic E-state index is 0.118. The molecule has 3 N–H and O–H groups in total. The van der Waals surface area contributed by atoms with Gasteiger partial charge in [0.25, 0.3) is 11.6 Å². The summed E-state index contributed by atoms with van der Waals surface area (Å²) in [6.45, 7) is 0. The second-order valence-electron chi connectivity index (χ2n) is 5.43. The molecule has 3 aromatic rings. The van der Waals surface area contributed by atoms with E-state index in [4.69, 9.17) is 0 Å². The van der Waals surface area contributed by atoms with Gasteiger partial charge in [0.15, 0.2) is 0 Å². The molecule has 0 bridgehead atoms. The third kappa shape index (κ3) is 4.15. The molecular weight excluding hydrogens is 332 g/mol. The Morgan fingerprint density at radius 2 is 1.54 bits per heavy atom. The molecule has 0 fully saturated rings. The van der Waals surface area contributed by atoms with E-state index < -0.39 is 10.8 Å². The molecule has 3 aromatic carbocycles. The van der Waals surface area contributed by atoms with Gasteiger partial charge in [0.2, 0.25) is 0 Å². The Kier molecular flexibility index (Phi) is 5.09. The highest BCUT2D eigenvalue weighted by atomic mass is 16.6. The maximum atomic E-state index is 12.3. The molecule has 26 heavy (non-hydrogen) atoms. The van der Waals surface area contributed by atoms with Crippen molar-refractivity contribution in [1.29, 1.82) is 0 Å². The number of nitrogens with zero attached hydrogens (tertiary/aromatic N) is 1. The van der Waals surface area contributed by atoms with E-state index in [1.165, 1.54) is 12.1 Å². The van der Waals surface area contributed by atoms with Crippen LogP contribution < -0.4 is 16.2 Å². The number of rotatable bonds is 6. The molecular formula is C19H16N4O3. The predicted molar refractivity (Wildman–Crippen MR) is 100 cm³/mol. The number of anilines is 3. The van der Waals surface area contributed by atoms with Crippen molar-refractivity contribution in [3.05, 3.63) is 94.5 Å². The molecule has 0 heterocycles. The summed E-state index contributed by atoms with van der Waals surface area (Å²) in [5.41, 5.74) is 7.25. The van der Waals surface area contributed by atoms with Crippen molar-refractivity contribution in [2.45, 2.75) is 0 Å². The van der Waals surface area contributed by atoms with Crippen LogP contribution in [0.5, 0.6) is 0 Å². The molecule has 0 aliphatic rings. The molecule has 1 amide bonds. The Morgan fingerprint density at radius 1 is 0.846 bits per heavy atom. The van der Waals surface area contributed by atoms with Crippen LogP contribution in [0.4, 0.5) is 22.7 Å². The third-order valence-electron chi connectivity index (χ3n) is 3.60.